The third kappa shape index (κ3) is 3.21. The number of hydrogen-bond donors (Lipinski definition) is 1. The molecule has 1 saturated heterocycles. The molecule has 0 aromatic heterocycles. The fraction of sp³-hybridized carbons (Fsp3) is 1.00. The van der Waals surface area contributed by atoms with E-state index in [4.69, 9.17) is 4.74 Å². The van der Waals surface area contributed by atoms with Crippen LogP contribution in [0.2, 0.25) is 0 Å². The lowest BCUT2D eigenvalue weighted by Gasteiger charge is -2.48. The first-order chi connectivity index (χ1) is 8.24. The van der Waals surface area contributed by atoms with E-state index in [1.807, 2.05) is 0 Å². The lowest BCUT2D eigenvalue weighted by molar-refractivity contribution is -0.0643. The monoisotopic (exact) mass is 240 g/mol. The molecule has 1 saturated carbocycles. The van der Waals surface area contributed by atoms with Crippen molar-refractivity contribution in [2.45, 2.75) is 70.7 Å². The molecule has 2 aliphatic rings. The predicted octanol–water partition coefficient (Wildman–Crippen LogP) is 2.02. The van der Waals surface area contributed by atoms with Crippen LogP contribution in [0.15, 0.2) is 0 Å². The van der Waals surface area contributed by atoms with Gasteiger partial charge in [-0.1, -0.05) is 6.92 Å². The van der Waals surface area contributed by atoms with Crippen LogP contribution in [0.1, 0.15) is 46.5 Å². The van der Waals surface area contributed by atoms with Crippen LogP contribution >= 0.6 is 0 Å². The molecule has 2 atom stereocenters. The molecule has 0 bridgehead atoms. The molecular formula is C14H28N2O. The highest BCUT2D eigenvalue weighted by atomic mass is 16.5. The summed E-state index contributed by atoms with van der Waals surface area (Å²) < 4.78 is 5.65. The molecule has 1 aliphatic carbocycles. The zero-order valence-electron chi connectivity index (χ0n) is 11.6. The minimum Gasteiger partial charge on any atom is -0.378 e. The van der Waals surface area contributed by atoms with Crippen LogP contribution in [-0.4, -0.2) is 48.8 Å². The van der Waals surface area contributed by atoms with Gasteiger partial charge in [0.05, 0.1) is 6.10 Å². The Kier molecular flexibility index (Phi) is 4.83. The Morgan fingerprint density at radius 2 is 2.00 bits per heavy atom. The zero-order chi connectivity index (χ0) is 12.3. The van der Waals surface area contributed by atoms with E-state index in [-0.39, 0.29) is 0 Å². The Hall–Kier alpha value is -0.120. The Morgan fingerprint density at radius 3 is 2.59 bits per heavy atom. The molecule has 2 unspecified atom stereocenters. The fourth-order valence-electron chi connectivity index (χ4n) is 3.39. The third-order valence-electron chi connectivity index (χ3n) is 4.36. The summed E-state index contributed by atoms with van der Waals surface area (Å²) in [7, 11) is 0. The summed E-state index contributed by atoms with van der Waals surface area (Å²) in [5.41, 5.74) is 0. The smallest absolute Gasteiger partial charge is 0.0604 e. The summed E-state index contributed by atoms with van der Waals surface area (Å²) in [6.45, 7) is 9.93. The molecule has 3 nitrogen and oxygen atoms in total. The predicted molar refractivity (Wildman–Crippen MR) is 71.3 cm³/mol. The van der Waals surface area contributed by atoms with Gasteiger partial charge in [0.1, 0.15) is 0 Å². The highest BCUT2D eigenvalue weighted by molar-refractivity contribution is 4.93. The van der Waals surface area contributed by atoms with E-state index in [0.717, 1.165) is 31.3 Å². The lowest BCUT2D eigenvalue weighted by Crippen LogP contribution is -2.56. The molecule has 2 fully saturated rings. The Labute approximate surface area is 106 Å². The first-order valence-corrected chi connectivity index (χ1v) is 7.35. The average Bonchev–Trinajstić information content (AvgIpc) is 2.25. The first kappa shape index (κ1) is 13.3. The van der Waals surface area contributed by atoms with Crippen LogP contribution in [0, 0.1) is 0 Å². The van der Waals surface area contributed by atoms with E-state index >= 15 is 0 Å². The molecule has 0 spiro atoms. The normalized spacial score (nSPS) is 39.0. The van der Waals surface area contributed by atoms with Crippen LogP contribution in [0.5, 0.6) is 0 Å². The van der Waals surface area contributed by atoms with Crippen LogP contribution in [0.25, 0.3) is 0 Å². The second-order valence-electron chi connectivity index (χ2n) is 5.57. The molecule has 0 radical (unpaired) electrons. The molecule has 0 aromatic carbocycles. The van der Waals surface area contributed by atoms with E-state index < -0.39 is 0 Å². The van der Waals surface area contributed by atoms with Gasteiger partial charge in [-0.3, -0.25) is 4.90 Å². The molecule has 0 aromatic rings. The zero-order valence-corrected chi connectivity index (χ0v) is 11.6. The van der Waals surface area contributed by atoms with Gasteiger partial charge in [-0.05, 0) is 46.1 Å². The Bertz CT molecular complexity index is 226. The van der Waals surface area contributed by atoms with Crippen molar-refractivity contribution in [3.8, 4) is 0 Å². The number of rotatable bonds is 5. The van der Waals surface area contributed by atoms with E-state index in [0.29, 0.717) is 6.10 Å². The van der Waals surface area contributed by atoms with Crippen LogP contribution in [-0.2, 0) is 4.74 Å². The summed E-state index contributed by atoms with van der Waals surface area (Å²) in [4.78, 5) is 2.71. The molecule has 17 heavy (non-hydrogen) atoms. The van der Waals surface area contributed by atoms with Crippen LogP contribution < -0.4 is 5.32 Å². The second-order valence-corrected chi connectivity index (χ2v) is 5.57. The van der Waals surface area contributed by atoms with Crippen LogP contribution in [0.4, 0.5) is 0 Å². The van der Waals surface area contributed by atoms with Crippen molar-refractivity contribution >= 4 is 0 Å². The van der Waals surface area contributed by atoms with Gasteiger partial charge in [0.2, 0.25) is 0 Å². The fourth-order valence-corrected chi connectivity index (χ4v) is 3.39. The van der Waals surface area contributed by atoms with Gasteiger partial charge in [0.15, 0.2) is 0 Å². The van der Waals surface area contributed by atoms with Gasteiger partial charge in [0, 0.05) is 31.3 Å². The highest BCUT2D eigenvalue weighted by Crippen LogP contribution is 2.32. The molecule has 3 heteroatoms. The second kappa shape index (κ2) is 6.17. The van der Waals surface area contributed by atoms with E-state index in [9.17, 15) is 0 Å². The van der Waals surface area contributed by atoms with Crippen LogP contribution in [0.3, 0.4) is 0 Å². The maximum atomic E-state index is 5.65. The van der Waals surface area contributed by atoms with Crippen molar-refractivity contribution in [2.24, 2.45) is 0 Å². The number of ether oxygens (including phenoxy) is 1. The maximum Gasteiger partial charge on any atom is 0.0604 e. The van der Waals surface area contributed by atoms with E-state index in [2.05, 4.69) is 31.0 Å². The summed E-state index contributed by atoms with van der Waals surface area (Å²) in [5.74, 6) is 0. The molecule has 0 amide bonds. The minimum atomic E-state index is 0.545. The number of hydrogen-bond acceptors (Lipinski definition) is 3. The lowest BCUT2D eigenvalue weighted by atomic mass is 9.84. The van der Waals surface area contributed by atoms with E-state index in [1.165, 1.54) is 32.2 Å². The topological polar surface area (TPSA) is 24.5 Å². The standard InChI is InChI=1S/C14H28N2O/c1-4-15-12-6-7-16(11(3)8-12)13-9-14(10-13)17-5-2/h11-15H,4-10H2,1-3H3. The number of likely N-dealkylation sites (tertiary alicyclic amines) is 1. The van der Waals surface area contributed by atoms with Gasteiger partial charge in [-0.25, -0.2) is 0 Å². The molecule has 100 valence electrons. The van der Waals surface area contributed by atoms with Gasteiger partial charge in [-0.15, -0.1) is 0 Å². The molecule has 1 aliphatic heterocycles. The highest BCUT2D eigenvalue weighted by Gasteiger charge is 2.38. The largest absolute Gasteiger partial charge is 0.378 e. The number of nitrogens with one attached hydrogen (secondary N) is 1. The molecule has 1 heterocycles. The van der Waals surface area contributed by atoms with Crippen molar-refractivity contribution in [3.05, 3.63) is 0 Å². The quantitative estimate of drug-likeness (QED) is 0.795. The third-order valence-corrected chi connectivity index (χ3v) is 4.36. The van der Waals surface area contributed by atoms with Gasteiger partial charge in [-0.2, -0.15) is 0 Å². The summed E-state index contributed by atoms with van der Waals surface area (Å²) in [6, 6.07) is 2.28. The van der Waals surface area contributed by atoms with Crippen molar-refractivity contribution in [1.29, 1.82) is 0 Å². The Balaban J connectivity index is 1.73. The van der Waals surface area contributed by atoms with Crippen molar-refractivity contribution < 1.29 is 4.74 Å². The summed E-state index contributed by atoms with van der Waals surface area (Å²) >= 11 is 0. The average molecular weight is 240 g/mol. The van der Waals surface area contributed by atoms with Gasteiger partial charge >= 0.3 is 0 Å². The van der Waals surface area contributed by atoms with Crippen molar-refractivity contribution in [2.75, 3.05) is 19.7 Å². The van der Waals surface area contributed by atoms with Crippen molar-refractivity contribution in [1.82, 2.24) is 10.2 Å². The van der Waals surface area contributed by atoms with Gasteiger partial charge in [0.25, 0.3) is 0 Å². The first-order valence-electron chi connectivity index (χ1n) is 7.35. The Morgan fingerprint density at radius 1 is 1.24 bits per heavy atom. The molecular weight excluding hydrogens is 212 g/mol. The SMILES string of the molecule is CCNC1CCN(C2CC(OCC)C2)C(C)C1. The van der Waals surface area contributed by atoms with E-state index in [1.54, 1.807) is 0 Å². The number of nitrogens with zero attached hydrogens (tertiary/aromatic N) is 1. The molecule has 2 rings (SSSR count). The number of piperidine rings is 1. The summed E-state index contributed by atoms with van der Waals surface area (Å²) in [5, 5.41) is 3.59. The summed E-state index contributed by atoms with van der Waals surface area (Å²) in [6.07, 6.45) is 5.68. The van der Waals surface area contributed by atoms with Crippen molar-refractivity contribution in [3.63, 3.8) is 0 Å². The van der Waals surface area contributed by atoms with Gasteiger partial charge < -0.3 is 10.1 Å². The maximum absolute atomic E-state index is 5.65. The molecule has 1 N–H and O–H groups in total. The minimum absolute atomic E-state index is 0.545.